The van der Waals surface area contributed by atoms with Crippen molar-refractivity contribution < 1.29 is 19.1 Å². The molecule has 0 saturated carbocycles. The van der Waals surface area contributed by atoms with Gasteiger partial charge < -0.3 is 14.8 Å². The second kappa shape index (κ2) is 8.39. The Bertz CT molecular complexity index is 965. The average molecular weight is 379 g/mol. The first kappa shape index (κ1) is 19.2. The van der Waals surface area contributed by atoms with Gasteiger partial charge in [-0.2, -0.15) is 5.10 Å². The van der Waals surface area contributed by atoms with Crippen molar-refractivity contribution in [3.63, 3.8) is 0 Å². The highest BCUT2D eigenvalue weighted by molar-refractivity contribution is 5.98. The molecule has 0 aliphatic rings. The van der Waals surface area contributed by atoms with Crippen molar-refractivity contribution in [1.82, 2.24) is 9.78 Å². The van der Waals surface area contributed by atoms with Crippen LogP contribution in [-0.2, 0) is 16.6 Å². The summed E-state index contributed by atoms with van der Waals surface area (Å²) in [6.45, 7) is 1.76. The number of benzene rings is 2. The van der Waals surface area contributed by atoms with E-state index in [4.69, 9.17) is 9.47 Å². The Morgan fingerprint density at radius 2 is 1.75 bits per heavy atom. The highest BCUT2D eigenvalue weighted by atomic mass is 16.5. The Balaban J connectivity index is 1.83. The molecule has 1 atom stereocenters. The zero-order valence-corrected chi connectivity index (χ0v) is 15.9. The minimum absolute atomic E-state index is 0.320. The zero-order valence-electron chi connectivity index (χ0n) is 15.9. The molecule has 0 saturated heterocycles. The zero-order chi connectivity index (χ0) is 20.1. The monoisotopic (exact) mass is 379 g/mol. The van der Waals surface area contributed by atoms with Gasteiger partial charge in [-0.25, -0.2) is 4.79 Å². The molecule has 3 aromatic rings. The van der Waals surface area contributed by atoms with E-state index in [-0.39, 0.29) is 0 Å². The second-order valence-corrected chi connectivity index (χ2v) is 6.18. The number of methoxy groups -OCH3 is 1. The molecule has 0 spiro atoms. The Morgan fingerprint density at radius 1 is 1.07 bits per heavy atom. The van der Waals surface area contributed by atoms with Gasteiger partial charge in [0, 0.05) is 24.0 Å². The van der Waals surface area contributed by atoms with E-state index < -0.39 is 18.0 Å². The van der Waals surface area contributed by atoms with Gasteiger partial charge in [0.05, 0.1) is 13.3 Å². The van der Waals surface area contributed by atoms with Crippen LogP contribution in [0.1, 0.15) is 27.7 Å². The van der Waals surface area contributed by atoms with Crippen LogP contribution in [0.2, 0.25) is 0 Å². The lowest BCUT2D eigenvalue weighted by molar-refractivity contribution is -0.125. The van der Waals surface area contributed by atoms with Crippen molar-refractivity contribution in [2.24, 2.45) is 7.05 Å². The number of carbonyl (C=O) groups is 2. The van der Waals surface area contributed by atoms with E-state index >= 15 is 0 Å². The van der Waals surface area contributed by atoms with Crippen LogP contribution in [0.15, 0.2) is 60.8 Å². The second-order valence-electron chi connectivity index (χ2n) is 6.18. The molecule has 0 bridgehead atoms. The van der Waals surface area contributed by atoms with E-state index in [9.17, 15) is 9.59 Å². The summed E-state index contributed by atoms with van der Waals surface area (Å²) in [7, 11) is 3.30. The molecular formula is C21H21N3O4. The quantitative estimate of drug-likeness (QED) is 0.665. The third kappa shape index (κ3) is 4.20. The van der Waals surface area contributed by atoms with E-state index in [0.29, 0.717) is 28.3 Å². The van der Waals surface area contributed by atoms with Gasteiger partial charge in [0.25, 0.3) is 5.91 Å². The van der Waals surface area contributed by atoms with Gasteiger partial charge in [0.1, 0.15) is 11.3 Å². The summed E-state index contributed by atoms with van der Waals surface area (Å²) in [6.07, 6.45) is 0.330. The number of anilines is 1. The van der Waals surface area contributed by atoms with E-state index in [1.807, 2.05) is 6.07 Å². The maximum absolute atomic E-state index is 12.9. The molecule has 7 heteroatoms. The number of ether oxygens (including phenoxy) is 2. The molecule has 0 unspecified atom stereocenters. The summed E-state index contributed by atoms with van der Waals surface area (Å²) >= 11 is 0. The van der Waals surface area contributed by atoms with Crippen molar-refractivity contribution >= 4 is 17.6 Å². The molecule has 1 amide bonds. The van der Waals surface area contributed by atoms with Crippen molar-refractivity contribution in [3.05, 3.63) is 77.6 Å². The highest BCUT2D eigenvalue weighted by Gasteiger charge is 2.27. The summed E-state index contributed by atoms with van der Waals surface area (Å²) in [5.74, 6) is -0.383. The van der Waals surface area contributed by atoms with Crippen LogP contribution < -0.4 is 10.1 Å². The van der Waals surface area contributed by atoms with Gasteiger partial charge >= 0.3 is 5.97 Å². The lowest BCUT2D eigenvalue weighted by atomic mass is 10.1. The van der Waals surface area contributed by atoms with E-state index in [1.165, 1.54) is 6.20 Å². The minimum Gasteiger partial charge on any atom is -0.497 e. The van der Waals surface area contributed by atoms with Crippen molar-refractivity contribution in [1.29, 1.82) is 0 Å². The molecule has 3 rings (SSSR count). The predicted octanol–water partition coefficient (Wildman–Crippen LogP) is 3.27. The molecule has 0 aliphatic heterocycles. The standard InChI is InChI=1S/C21H21N3O4/c1-14-18(13-22-24(14)2)21(26)28-19(15-7-5-4-6-8-15)20(25)23-16-9-11-17(27-3)12-10-16/h4-13,19H,1-3H3,(H,23,25)/t19-/m0/s1. The molecule has 0 fully saturated rings. The van der Waals surface area contributed by atoms with Crippen LogP contribution in [0.25, 0.3) is 0 Å². The molecule has 1 aromatic heterocycles. The number of nitrogens with zero attached hydrogens (tertiary/aromatic N) is 2. The average Bonchev–Trinajstić information content (AvgIpc) is 3.06. The molecule has 28 heavy (non-hydrogen) atoms. The minimum atomic E-state index is -1.10. The van der Waals surface area contributed by atoms with E-state index in [1.54, 1.807) is 74.3 Å². The van der Waals surface area contributed by atoms with Gasteiger partial charge in [-0.15, -0.1) is 0 Å². The molecule has 1 heterocycles. The Morgan fingerprint density at radius 3 is 2.32 bits per heavy atom. The summed E-state index contributed by atoms with van der Waals surface area (Å²) in [5, 5.41) is 6.83. The smallest absolute Gasteiger partial charge is 0.342 e. The van der Waals surface area contributed by atoms with E-state index in [2.05, 4.69) is 10.4 Å². The van der Waals surface area contributed by atoms with Crippen LogP contribution in [0, 0.1) is 6.92 Å². The number of rotatable bonds is 6. The number of aromatic nitrogens is 2. The number of nitrogens with one attached hydrogen (secondary N) is 1. The summed E-state index contributed by atoms with van der Waals surface area (Å²) in [6, 6.07) is 15.8. The lowest BCUT2D eigenvalue weighted by Crippen LogP contribution is -2.26. The Kier molecular flexibility index (Phi) is 5.74. The largest absolute Gasteiger partial charge is 0.497 e. The van der Waals surface area contributed by atoms with E-state index in [0.717, 1.165) is 0 Å². The van der Waals surface area contributed by atoms with Gasteiger partial charge in [-0.3, -0.25) is 9.48 Å². The third-order valence-corrected chi connectivity index (χ3v) is 4.38. The highest BCUT2D eigenvalue weighted by Crippen LogP contribution is 2.23. The molecule has 0 radical (unpaired) electrons. The number of hydrogen-bond acceptors (Lipinski definition) is 5. The van der Waals surface area contributed by atoms with Gasteiger partial charge in [-0.1, -0.05) is 30.3 Å². The molecule has 1 N–H and O–H groups in total. The number of carbonyl (C=O) groups excluding carboxylic acids is 2. The van der Waals surface area contributed by atoms with Crippen LogP contribution in [0.5, 0.6) is 5.75 Å². The first-order valence-corrected chi connectivity index (χ1v) is 8.69. The fourth-order valence-electron chi connectivity index (χ4n) is 2.65. The maximum atomic E-state index is 12.9. The van der Waals surface area contributed by atoms with Crippen LogP contribution in [0.3, 0.4) is 0 Å². The lowest BCUT2D eigenvalue weighted by Gasteiger charge is -2.18. The van der Waals surface area contributed by atoms with Crippen LogP contribution >= 0.6 is 0 Å². The van der Waals surface area contributed by atoms with Gasteiger partial charge in [-0.05, 0) is 31.2 Å². The number of amides is 1. The number of esters is 1. The SMILES string of the molecule is COc1ccc(NC(=O)[C@@H](OC(=O)c2cnn(C)c2C)c2ccccc2)cc1. The number of hydrogen-bond donors (Lipinski definition) is 1. The molecule has 2 aromatic carbocycles. The molecule has 0 aliphatic carbocycles. The normalized spacial score (nSPS) is 11.5. The molecular weight excluding hydrogens is 358 g/mol. The van der Waals surface area contributed by atoms with Crippen LogP contribution in [-0.4, -0.2) is 28.8 Å². The first-order chi connectivity index (χ1) is 13.5. The summed E-state index contributed by atoms with van der Waals surface area (Å²) in [4.78, 5) is 25.5. The first-order valence-electron chi connectivity index (χ1n) is 8.69. The van der Waals surface area contributed by atoms with Crippen LogP contribution in [0.4, 0.5) is 5.69 Å². The van der Waals surface area contributed by atoms with Crippen molar-refractivity contribution in [2.75, 3.05) is 12.4 Å². The predicted molar refractivity (Wildman–Crippen MR) is 104 cm³/mol. The Hall–Kier alpha value is -3.61. The van der Waals surface area contributed by atoms with Crippen molar-refractivity contribution in [2.45, 2.75) is 13.0 Å². The summed E-state index contributed by atoms with van der Waals surface area (Å²) in [5.41, 5.74) is 2.12. The number of aryl methyl sites for hydroxylation is 1. The summed E-state index contributed by atoms with van der Waals surface area (Å²) < 4.78 is 12.3. The fraction of sp³-hybridized carbons (Fsp3) is 0.190. The van der Waals surface area contributed by atoms with Gasteiger partial charge in [0.2, 0.25) is 6.10 Å². The fourth-order valence-corrected chi connectivity index (χ4v) is 2.65. The topological polar surface area (TPSA) is 82.4 Å². The third-order valence-electron chi connectivity index (χ3n) is 4.38. The maximum Gasteiger partial charge on any atom is 0.342 e. The molecule has 7 nitrogen and oxygen atoms in total. The Labute approximate surface area is 162 Å². The van der Waals surface area contributed by atoms with Crippen molar-refractivity contribution in [3.8, 4) is 5.75 Å². The molecule has 144 valence electrons. The van der Waals surface area contributed by atoms with Gasteiger partial charge in [0.15, 0.2) is 0 Å².